The second-order valence-corrected chi connectivity index (χ2v) is 9.64. The SMILES string of the molecule is CC(C)CN(CC(C)C)c1ccc(C(CC(=O)O)C(F)(F)F)cc1NC(=O)Nc1ccc(OC(F)F)cc1. The third-order valence-corrected chi connectivity index (χ3v) is 5.29. The molecule has 2 aromatic carbocycles. The molecular weight excluding hydrogens is 513 g/mol. The quantitative estimate of drug-likeness (QED) is 0.246. The first kappa shape index (κ1) is 30.7. The lowest BCUT2D eigenvalue weighted by molar-refractivity contribution is -0.163. The first-order valence-electron chi connectivity index (χ1n) is 12.0. The van der Waals surface area contributed by atoms with Gasteiger partial charge in [-0.2, -0.15) is 22.0 Å². The number of urea groups is 1. The van der Waals surface area contributed by atoms with Crippen LogP contribution in [0.2, 0.25) is 0 Å². The maximum atomic E-state index is 13.7. The molecule has 12 heteroatoms. The van der Waals surface area contributed by atoms with E-state index >= 15 is 0 Å². The summed E-state index contributed by atoms with van der Waals surface area (Å²) >= 11 is 0. The van der Waals surface area contributed by atoms with Crippen molar-refractivity contribution in [1.82, 2.24) is 0 Å². The molecule has 0 aliphatic carbocycles. The molecule has 0 fully saturated rings. The van der Waals surface area contributed by atoms with Crippen LogP contribution < -0.4 is 20.3 Å². The molecule has 0 saturated carbocycles. The standard InChI is InChI=1S/C26H32F5N3O4/c1-15(2)13-34(14-16(3)4)22-10-5-17(20(12-23(35)36)26(29,30)31)11-21(22)33-25(37)32-18-6-8-19(9-7-18)38-24(27)28/h5-11,15-16,20,24H,12-14H2,1-4H3,(H,35,36)(H2,32,33,37). The zero-order valence-electron chi connectivity index (χ0n) is 21.5. The lowest BCUT2D eigenvalue weighted by Gasteiger charge is -2.31. The molecule has 2 amide bonds. The van der Waals surface area contributed by atoms with Crippen LogP contribution in [0, 0.1) is 11.8 Å². The van der Waals surface area contributed by atoms with Crippen molar-refractivity contribution >= 4 is 29.1 Å². The van der Waals surface area contributed by atoms with Crippen LogP contribution in [0.4, 0.5) is 43.8 Å². The summed E-state index contributed by atoms with van der Waals surface area (Å²) in [7, 11) is 0. The van der Waals surface area contributed by atoms with E-state index in [1.807, 2.05) is 32.6 Å². The van der Waals surface area contributed by atoms with Crippen molar-refractivity contribution in [3.63, 3.8) is 0 Å². The van der Waals surface area contributed by atoms with Gasteiger partial charge in [-0.15, -0.1) is 0 Å². The van der Waals surface area contributed by atoms with Crippen LogP contribution >= 0.6 is 0 Å². The molecule has 0 radical (unpaired) electrons. The molecular formula is C26H32F5N3O4. The predicted octanol–water partition coefficient (Wildman–Crippen LogP) is 7.17. The second kappa shape index (κ2) is 13.3. The number of alkyl halides is 5. The Bertz CT molecular complexity index is 1070. The van der Waals surface area contributed by atoms with Crippen LogP contribution in [-0.2, 0) is 4.79 Å². The largest absolute Gasteiger partial charge is 0.481 e. The Morgan fingerprint density at radius 3 is 2.00 bits per heavy atom. The summed E-state index contributed by atoms with van der Waals surface area (Å²) in [4.78, 5) is 25.9. The normalized spacial score (nSPS) is 12.5. The molecule has 0 aliphatic heterocycles. The van der Waals surface area contributed by atoms with Gasteiger partial charge in [0, 0.05) is 18.8 Å². The number of benzene rings is 2. The molecule has 0 aromatic heterocycles. The number of rotatable bonds is 12. The molecule has 0 saturated heterocycles. The monoisotopic (exact) mass is 545 g/mol. The Labute approximate surface area is 218 Å². The summed E-state index contributed by atoms with van der Waals surface area (Å²) in [5.41, 5.74) is 0.463. The van der Waals surface area contributed by atoms with Gasteiger partial charge in [0.1, 0.15) is 5.75 Å². The number of amides is 2. The van der Waals surface area contributed by atoms with Crippen molar-refractivity contribution in [1.29, 1.82) is 0 Å². The number of ether oxygens (including phenoxy) is 1. The average Bonchev–Trinajstić information content (AvgIpc) is 2.76. The van der Waals surface area contributed by atoms with Gasteiger partial charge in [0.2, 0.25) is 0 Å². The van der Waals surface area contributed by atoms with Crippen molar-refractivity contribution < 1.29 is 41.4 Å². The van der Waals surface area contributed by atoms with Gasteiger partial charge < -0.3 is 25.4 Å². The molecule has 0 bridgehead atoms. The van der Waals surface area contributed by atoms with E-state index < -0.39 is 37.1 Å². The summed E-state index contributed by atoms with van der Waals surface area (Å²) in [6.07, 6.45) is -5.99. The van der Waals surface area contributed by atoms with E-state index in [1.165, 1.54) is 36.4 Å². The van der Waals surface area contributed by atoms with Gasteiger partial charge in [0.25, 0.3) is 0 Å². The molecule has 2 aromatic rings. The molecule has 0 aliphatic rings. The van der Waals surface area contributed by atoms with Gasteiger partial charge in [-0.1, -0.05) is 33.8 Å². The summed E-state index contributed by atoms with van der Waals surface area (Å²) < 4.78 is 70.2. The Balaban J connectivity index is 2.44. The van der Waals surface area contributed by atoms with Gasteiger partial charge in [-0.05, 0) is 53.8 Å². The average molecular weight is 546 g/mol. The third kappa shape index (κ3) is 9.71. The number of halogens is 5. The molecule has 7 nitrogen and oxygen atoms in total. The number of anilines is 3. The van der Waals surface area contributed by atoms with E-state index in [2.05, 4.69) is 15.4 Å². The fourth-order valence-electron chi connectivity index (χ4n) is 3.90. The van der Waals surface area contributed by atoms with E-state index in [-0.39, 0.29) is 34.5 Å². The van der Waals surface area contributed by atoms with Crippen LogP contribution in [0.3, 0.4) is 0 Å². The molecule has 1 unspecified atom stereocenters. The highest BCUT2D eigenvalue weighted by atomic mass is 19.4. The molecule has 210 valence electrons. The lowest BCUT2D eigenvalue weighted by Crippen LogP contribution is -2.33. The van der Waals surface area contributed by atoms with Crippen molar-refractivity contribution in [2.75, 3.05) is 28.6 Å². The highest BCUT2D eigenvalue weighted by Crippen LogP contribution is 2.40. The first-order valence-corrected chi connectivity index (χ1v) is 12.0. The van der Waals surface area contributed by atoms with E-state index in [1.54, 1.807) is 0 Å². The van der Waals surface area contributed by atoms with Gasteiger partial charge in [-0.25, -0.2) is 4.79 Å². The number of carbonyl (C=O) groups is 2. The lowest BCUT2D eigenvalue weighted by atomic mass is 9.94. The van der Waals surface area contributed by atoms with E-state index in [0.717, 1.165) is 6.07 Å². The molecule has 38 heavy (non-hydrogen) atoms. The number of hydrogen-bond acceptors (Lipinski definition) is 4. The van der Waals surface area contributed by atoms with E-state index in [9.17, 15) is 31.5 Å². The molecule has 1 atom stereocenters. The molecule has 0 heterocycles. The van der Waals surface area contributed by atoms with Gasteiger partial charge >= 0.3 is 24.8 Å². The van der Waals surface area contributed by atoms with E-state index in [4.69, 9.17) is 5.11 Å². The summed E-state index contributed by atoms with van der Waals surface area (Å²) in [6.45, 7) is 6.02. The highest BCUT2D eigenvalue weighted by molar-refractivity contribution is 6.02. The fraction of sp³-hybridized carbons (Fsp3) is 0.462. The zero-order chi connectivity index (χ0) is 28.6. The van der Waals surface area contributed by atoms with Crippen LogP contribution in [0.1, 0.15) is 45.6 Å². The van der Waals surface area contributed by atoms with Crippen molar-refractivity contribution in [3.8, 4) is 5.75 Å². The number of carboxylic acids is 1. The zero-order valence-corrected chi connectivity index (χ0v) is 21.5. The van der Waals surface area contributed by atoms with Crippen molar-refractivity contribution in [2.24, 2.45) is 11.8 Å². The fourth-order valence-corrected chi connectivity index (χ4v) is 3.90. The molecule has 3 N–H and O–H groups in total. The van der Waals surface area contributed by atoms with Crippen LogP contribution in [0.15, 0.2) is 42.5 Å². The first-order chi connectivity index (χ1) is 17.6. The third-order valence-electron chi connectivity index (χ3n) is 5.29. The van der Waals surface area contributed by atoms with Crippen molar-refractivity contribution in [3.05, 3.63) is 48.0 Å². The minimum Gasteiger partial charge on any atom is -0.481 e. The number of nitrogens with one attached hydrogen (secondary N) is 2. The number of hydrogen-bond donors (Lipinski definition) is 3. The van der Waals surface area contributed by atoms with Crippen LogP contribution in [0.5, 0.6) is 5.75 Å². The number of aliphatic carboxylic acids is 1. The maximum Gasteiger partial charge on any atom is 0.396 e. The Morgan fingerprint density at radius 2 is 1.53 bits per heavy atom. The number of carbonyl (C=O) groups excluding carboxylic acids is 1. The second-order valence-electron chi connectivity index (χ2n) is 9.64. The van der Waals surface area contributed by atoms with Crippen LogP contribution in [-0.4, -0.2) is 43.0 Å². The predicted molar refractivity (Wildman–Crippen MR) is 135 cm³/mol. The highest BCUT2D eigenvalue weighted by Gasteiger charge is 2.42. The Kier molecular flexibility index (Phi) is 10.7. The minimum atomic E-state index is -4.82. The smallest absolute Gasteiger partial charge is 0.396 e. The number of carboxylic acid groups (broad SMARTS) is 1. The minimum absolute atomic E-state index is 0.0681. The van der Waals surface area contributed by atoms with Crippen molar-refractivity contribution in [2.45, 2.75) is 52.8 Å². The number of nitrogens with zero attached hydrogens (tertiary/aromatic N) is 1. The molecule has 2 rings (SSSR count). The summed E-state index contributed by atoms with van der Waals surface area (Å²) in [6, 6.07) is 8.13. The topological polar surface area (TPSA) is 90.9 Å². The summed E-state index contributed by atoms with van der Waals surface area (Å²) in [5, 5.41) is 14.1. The Morgan fingerprint density at radius 1 is 0.947 bits per heavy atom. The summed E-state index contributed by atoms with van der Waals surface area (Å²) in [5.74, 6) is -3.61. The Hall–Kier alpha value is -3.57. The van der Waals surface area contributed by atoms with Gasteiger partial charge in [0.05, 0.1) is 23.7 Å². The van der Waals surface area contributed by atoms with Gasteiger partial charge in [0.15, 0.2) is 0 Å². The molecule has 0 spiro atoms. The van der Waals surface area contributed by atoms with Gasteiger partial charge in [-0.3, -0.25) is 4.79 Å². The van der Waals surface area contributed by atoms with Crippen LogP contribution in [0.25, 0.3) is 0 Å². The van der Waals surface area contributed by atoms with E-state index in [0.29, 0.717) is 18.8 Å². The maximum absolute atomic E-state index is 13.7.